The predicted molar refractivity (Wildman–Crippen MR) is 137 cm³/mol. The first-order valence-electron chi connectivity index (χ1n) is 11.0. The minimum absolute atomic E-state index is 0.0136. The van der Waals surface area contributed by atoms with Crippen molar-refractivity contribution in [2.24, 2.45) is 5.92 Å². The molecule has 3 rings (SSSR count). The van der Waals surface area contributed by atoms with Crippen molar-refractivity contribution < 1.29 is 9.59 Å². The summed E-state index contributed by atoms with van der Waals surface area (Å²) in [6.07, 6.45) is 0.898. The molecule has 33 heavy (non-hydrogen) atoms. The van der Waals surface area contributed by atoms with Gasteiger partial charge in [-0.2, -0.15) is 0 Å². The highest BCUT2D eigenvalue weighted by atomic mass is 35.5. The number of rotatable bonds is 10. The van der Waals surface area contributed by atoms with Crippen LogP contribution in [0.4, 0.5) is 0 Å². The van der Waals surface area contributed by atoms with Crippen molar-refractivity contribution in [3.05, 3.63) is 92.1 Å². The highest BCUT2D eigenvalue weighted by Gasteiger charge is 2.25. The molecule has 1 unspecified atom stereocenters. The Labute approximate surface area is 209 Å². The molecule has 0 saturated carbocycles. The van der Waals surface area contributed by atoms with Gasteiger partial charge in [-0.25, -0.2) is 0 Å². The molecular weight excluding hydrogens is 475 g/mol. The third-order valence-electron chi connectivity index (χ3n) is 5.50. The molecule has 0 N–H and O–H groups in total. The fourth-order valence-electron chi connectivity index (χ4n) is 3.45. The van der Waals surface area contributed by atoms with Crippen molar-refractivity contribution in [1.82, 2.24) is 9.80 Å². The maximum atomic E-state index is 13.5. The molecular formula is C26H28Cl2N2O2S. The van der Waals surface area contributed by atoms with Gasteiger partial charge in [0.15, 0.2) is 0 Å². The van der Waals surface area contributed by atoms with Gasteiger partial charge >= 0.3 is 0 Å². The van der Waals surface area contributed by atoms with Crippen LogP contribution < -0.4 is 0 Å². The first-order chi connectivity index (χ1) is 15.9. The molecule has 174 valence electrons. The lowest BCUT2D eigenvalue weighted by atomic mass is 10.1. The monoisotopic (exact) mass is 502 g/mol. The van der Waals surface area contributed by atoms with Crippen LogP contribution in [0.2, 0.25) is 10.0 Å². The fraction of sp³-hybridized carbons (Fsp3) is 0.308. The minimum atomic E-state index is -0.263. The lowest BCUT2D eigenvalue weighted by Crippen LogP contribution is -2.44. The second-order valence-corrected chi connectivity index (χ2v) is 10.0. The number of benzene rings is 2. The highest BCUT2D eigenvalue weighted by Crippen LogP contribution is 2.23. The van der Waals surface area contributed by atoms with Crippen LogP contribution >= 0.6 is 34.5 Å². The third kappa shape index (κ3) is 7.32. The van der Waals surface area contributed by atoms with Gasteiger partial charge in [0.25, 0.3) is 5.91 Å². The number of thiophene rings is 1. The van der Waals surface area contributed by atoms with Crippen molar-refractivity contribution in [1.29, 1.82) is 0 Å². The largest absolute Gasteiger partial charge is 0.332 e. The van der Waals surface area contributed by atoms with Crippen molar-refractivity contribution in [3.63, 3.8) is 0 Å². The maximum Gasteiger partial charge on any atom is 0.255 e. The molecule has 0 spiro atoms. The molecule has 0 saturated heterocycles. The molecule has 4 nitrogen and oxygen atoms in total. The van der Waals surface area contributed by atoms with E-state index in [1.54, 1.807) is 34.4 Å². The van der Waals surface area contributed by atoms with Crippen LogP contribution in [0.3, 0.4) is 0 Å². The first-order valence-corrected chi connectivity index (χ1v) is 12.6. The summed E-state index contributed by atoms with van der Waals surface area (Å²) < 4.78 is 0. The van der Waals surface area contributed by atoms with Gasteiger partial charge in [0.2, 0.25) is 5.91 Å². The van der Waals surface area contributed by atoms with E-state index in [4.69, 9.17) is 23.2 Å². The molecule has 0 aliphatic heterocycles. The van der Waals surface area contributed by atoms with E-state index in [1.165, 1.54) is 0 Å². The van der Waals surface area contributed by atoms with Crippen LogP contribution in [0.25, 0.3) is 0 Å². The number of nitrogens with zero attached hydrogens (tertiary/aromatic N) is 2. The summed E-state index contributed by atoms with van der Waals surface area (Å²) in [4.78, 5) is 31.4. The summed E-state index contributed by atoms with van der Waals surface area (Å²) in [5, 5.41) is 2.75. The highest BCUT2D eigenvalue weighted by molar-refractivity contribution is 7.09. The van der Waals surface area contributed by atoms with E-state index in [2.05, 4.69) is 13.8 Å². The van der Waals surface area contributed by atoms with Crippen LogP contribution in [0.1, 0.15) is 41.1 Å². The number of carbonyl (C=O) groups is 2. The van der Waals surface area contributed by atoms with Crippen LogP contribution in [-0.2, 0) is 17.9 Å². The molecule has 0 radical (unpaired) electrons. The van der Waals surface area contributed by atoms with Gasteiger partial charge in [-0.1, -0.05) is 79.9 Å². The summed E-state index contributed by atoms with van der Waals surface area (Å²) in [7, 11) is 0. The predicted octanol–water partition coefficient (Wildman–Crippen LogP) is 6.77. The van der Waals surface area contributed by atoms with E-state index in [1.807, 2.05) is 52.7 Å². The van der Waals surface area contributed by atoms with Crippen LogP contribution in [0.15, 0.2) is 66.0 Å². The van der Waals surface area contributed by atoms with Gasteiger partial charge < -0.3 is 9.80 Å². The Morgan fingerprint density at radius 1 is 0.970 bits per heavy atom. The molecule has 3 aromatic rings. The third-order valence-corrected chi connectivity index (χ3v) is 6.91. The average Bonchev–Trinajstić information content (AvgIpc) is 3.31. The molecule has 2 amide bonds. The van der Waals surface area contributed by atoms with Crippen molar-refractivity contribution >= 4 is 46.4 Å². The fourth-order valence-corrected chi connectivity index (χ4v) is 4.66. The summed E-state index contributed by atoms with van der Waals surface area (Å²) in [6.45, 7) is 5.58. The summed E-state index contributed by atoms with van der Waals surface area (Å²) in [5.41, 5.74) is 1.40. The summed E-state index contributed by atoms with van der Waals surface area (Å²) in [5.74, 6) is -0.122. The zero-order valence-electron chi connectivity index (χ0n) is 18.8. The van der Waals surface area contributed by atoms with Crippen LogP contribution in [0, 0.1) is 5.92 Å². The Balaban J connectivity index is 1.84. The standard InChI is InChI=1S/C26H28Cl2N2O2S/c1-3-19(2)15-30(26(32)23-12-11-21(27)14-24(23)28)18-25(31)29(17-22-10-7-13-33-22)16-20-8-5-4-6-9-20/h4-14,19H,3,15-18H2,1-2H3. The summed E-state index contributed by atoms with van der Waals surface area (Å²) in [6, 6.07) is 18.7. The van der Waals surface area contributed by atoms with Crippen LogP contribution in [-0.4, -0.2) is 34.7 Å². The smallest absolute Gasteiger partial charge is 0.255 e. The molecule has 1 aromatic heterocycles. The second kappa shape index (κ2) is 12.2. The lowest BCUT2D eigenvalue weighted by molar-refractivity contribution is -0.133. The van der Waals surface area contributed by atoms with Crippen LogP contribution in [0.5, 0.6) is 0 Å². The normalized spacial score (nSPS) is 11.8. The van der Waals surface area contributed by atoms with E-state index < -0.39 is 0 Å². The Kier molecular flexibility index (Phi) is 9.36. The van der Waals surface area contributed by atoms with Gasteiger partial charge in [-0.3, -0.25) is 9.59 Å². The molecule has 0 fully saturated rings. The SMILES string of the molecule is CCC(C)CN(CC(=O)N(Cc1ccccc1)Cc1cccs1)C(=O)c1ccc(Cl)cc1Cl. The van der Waals surface area contributed by atoms with Gasteiger partial charge in [0.1, 0.15) is 6.54 Å². The quantitative estimate of drug-likeness (QED) is 0.306. The molecule has 7 heteroatoms. The molecule has 0 aliphatic rings. The molecule has 1 heterocycles. The zero-order chi connectivity index (χ0) is 23.8. The van der Waals surface area contributed by atoms with E-state index in [-0.39, 0.29) is 29.3 Å². The number of halogens is 2. The average molecular weight is 503 g/mol. The summed E-state index contributed by atoms with van der Waals surface area (Å²) >= 11 is 13.9. The lowest BCUT2D eigenvalue weighted by Gasteiger charge is -2.29. The molecule has 2 aromatic carbocycles. The number of amides is 2. The zero-order valence-corrected chi connectivity index (χ0v) is 21.2. The van der Waals surface area contributed by atoms with E-state index in [0.29, 0.717) is 30.2 Å². The first kappa shape index (κ1) is 25.3. The van der Waals surface area contributed by atoms with Gasteiger partial charge in [0, 0.05) is 23.0 Å². The van der Waals surface area contributed by atoms with Gasteiger partial charge in [-0.05, 0) is 41.1 Å². The number of carbonyl (C=O) groups excluding carboxylic acids is 2. The van der Waals surface area contributed by atoms with Crippen molar-refractivity contribution in [2.75, 3.05) is 13.1 Å². The van der Waals surface area contributed by atoms with Crippen molar-refractivity contribution in [3.8, 4) is 0 Å². The van der Waals surface area contributed by atoms with Gasteiger partial charge in [-0.15, -0.1) is 11.3 Å². The van der Waals surface area contributed by atoms with Gasteiger partial charge in [0.05, 0.1) is 17.1 Å². The minimum Gasteiger partial charge on any atom is -0.332 e. The Morgan fingerprint density at radius 3 is 2.36 bits per heavy atom. The van der Waals surface area contributed by atoms with E-state index in [9.17, 15) is 9.59 Å². The maximum absolute atomic E-state index is 13.5. The molecule has 0 bridgehead atoms. The Morgan fingerprint density at radius 2 is 1.73 bits per heavy atom. The van der Waals surface area contributed by atoms with Crippen molar-refractivity contribution in [2.45, 2.75) is 33.4 Å². The molecule has 1 atom stereocenters. The number of hydrogen-bond donors (Lipinski definition) is 0. The van der Waals surface area contributed by atoms with E-state index in [0.717, 1.165) is 16.9 Å². The Bertz CT molecular complexity index is 1060. The topological polar surface area (TPSA) is 40.6 Å². The molecule has 0 aliphatic carbocycles. The van der Waals surface area contributed by atoms with E-state index >= 15 is 0 Å². The Hall–Kier alpha value is -2.34. The second-order valence-electron chi connectivity index (χ2n) is 8.14. The number of hydrogen-bond acceptors (Lipinski definition) is 3.